The van der Waals surface area contributed by atoms with Gasteiger partial charge in [-0.2, -0.15) is 0 Å². The van der Waals surface area contributed by atoms with E-state index in [4.69, 9.17) is 4.74 Å². The fourth-order valence-corrected chi connectivity index (χ4v) is 1.83. The molecule has 1 unspecified atom stereocenters. The number of carbonyl (C=O) groups is 1. The average molecular weight is 213 g/mol. The van der Waals surface area contributed by atoms with Crippen molar-refractivity contribution in [3.05, 3.63) is 0 Å². The molecule has 0 aromatic heterocycles. The summed E-state index contributed by atoms with van der Waals surface area (Å²) < 4.78 is 5.29. The molecule has 0 radical (unpaired) electrons. The van der Waals surface area contributed by atoms with E-state index in [-0.39, 0.29) is 5.41 Å². The van der Waals surface area contributed by atoms with Crippen LogP contribution in [0.5, 0.6) is 0 Å². The fraction of sp³-hybridized carbons (Fsp3) is 0.917. The maximum Gasteiger partial charge on any atom is 0.139 e. The normalized spacial score (nSPS) is 23.3. The highest BCUT2D eigenvalue weighted by Gasteiger charge is 2.25. The lowest BCUT2D eigenvalue weighted by atomic mass is 9.89. The Morgan fingerprint density at radius 3 is 2.60 bits per heavy atom. The third kappa shape index (κ3) is 3.92. The van der Waals surface area contributed by atoms with Gasteiger partial charge in [-0.05, 0) is 6.42 Å². The molecule has 15 heavy (non-hydrogen) atoms. The number of nitrogens with zero attached hydrogens (tertiary/aromatic N) is 1. The van der Waals surface area contributed by atoms with Crippen LogP contribution in [0, 0.1) is 5.41 Å². The molecule has 1 saturated heterocycles. The lowest BCUT2D eigenvalue weighted by Gasteiger charge is -2.20. The van der Waals surface area contributed by atoms with E-state index in [1.54, 1.807) is 7.11 Å². The Kier molecular flexibility index (Phi) is 4.29. The second kappa shape index (κ2) is 5.08. The summed E-state index contributed by atoms with van der Waals surface area (Å²) in [5.41, 5.74) is -0.194. The van der Waals surface area contributed by atoms with E-state index in [2.05, 4.69) is 4.90 Å². The van der Waals surface area contributed by atoms with Crippen LogP contribution in [-0.2, 0) is 9.53 Å². The molecular formula is C12H23NO2. The lowest BCUT2D eigenvalue weighted by Crippen LogP contribution is -2.29. The van der Waals surface area contributed by atoms with Crippen LogP contribution in [0.1, 0.15) is 33.6 Å². The summed E-state index contributed by atoms with van der Waals surface area (Å²) in [6, 6.07) is 0. The molecule has 1 aliphatic rings. The van der Waals surface area contributed by atoms with Gasteiger partial charge in [0.1, 0.15) is 5.78 Å². The van der Waals surface area contributed by atoms with Crippen LogP contribution in [-0.4, -0.2) is 43.5 Å². The molecule has 0 N–H and O–H groups in total. The molecule has 0 aromatic rings. The SMILES string of the molecule is COC1CCN(CCC(=O)C(C)(C)C)C1. The van der Waals surface area contributed by atoms with E-state index in [0.29, 0.717) is 18.3 Å². The molecule has 0 bridgehead atoms. The number of hydrogen-bond acceptors (Lipinski definition) is 3. The van der Waals surface area contributed by atoms with Gasteiger partial charge in [0.15, 0.2) is 0 Å². The molecule has 1 rings (SSSR count). The minimum absolute atomic E-state index is 0.194. The molecule has 88 valence electrons. The van der Waals surface area contributed by atoms with Gasteiger partial charge < -0.3 is 9.64 Å². The van der Waals surface area contributed by atoms with Gasteiger partial charge in [0.2, 0.25) is 0 Å². The summed E-state index contributed by atoms with van der Waals surface area (Å²) in [6.45, 7) is 8.88. The third-order valence-electron chi connectivity index (χ3n) is 3.05. The Labute approximate surface area is 92.8 Å². The van der Waals surface area contributed by atoms with Crippen LogP contribution in [0.15, 0.2) is 0 Å². The number of Topliss-reactive ketones (excluding diaryl/α,β-unsaturated/α-hetero) is 1. The van der Waals surface area contributed by atoms with Crippen molar-refractivity contribution in [1.82, 2.24) is 4.90 Å². The molecule has 0 aliphatic carbocycles. The molecule has 3 nitrogen and oxygen atoms in total. The second-order valence-corrected chi connectivity index (χ2v) is 5.37. The van der Waals surface area contributed by atoms with Crippen molar-refractivity contribution in [3.63, 3.8) is 0 Å². The Bertz CT molecular complexity index is 220. The van der Waals surface area contributed by atoms with E-state index in [0.717, 1.165) is 26.1 Å². The smallest absolute Gasteiger partial charge is 0.139 e. The summed E-state index contributed by atoms with van der Waals surface area (Å²) in [6.07, 6.45) is 2.13. The standard InChI is InChI=1S/C12H23NO2/c1-12(2,3)11(14)6-8-13-7-5-10(9-13)15-4/h10H,5-9H2,1-4H3. The van der Waals surface area contributed by atoms with Crippen LogP contribution in [0.4, 0.5) is 0 Å². The number of likely N-dealkylation sites (tertiary alicyclic amines) is 1. The van der Waals surface area contributed by atoms with Gasteiger partial charge in [0.25, 0.3) is 0 Å². The van der Waals surface area contributed by atoms with E-state index in [9.17, 15) is 4.79 Å². The van der Waals surface area contributed by atoms with Crippen molar-refractivity contribution in [2.24, 2.45) is 5.41 Å². The van der Waals surface area contributed by atoms with Gasteiger partial charge >= 0.3 is 0 Å². The van der Waals surface area contributed by atoms with Crippen molar-refractivity contribution in [2.45, 2.75) is 39.7 Å². The van der Waals surface area contributed by atoms with Crippen LogP contribution >= 0.6 is 0 Å². The Hall–Kier alpha value is -0.410. The number of ketones is 1. The molecule has 0 aromatic carbocycles. The molecule has 1 heterocycles. The Morgan fingerprint density at radius 1 is 1.47 bits per heavy atom. The van der Waals surface area contributed by atoms with E-state index in [1.165, 1.54) is 0 Å². The zero-order valence-corrected chi connectivity index (χ0v) is 10.4. The number of ether oxygens (including phenoxy) is 1. The van der Waals surface area contributed by atoms with Crippen LogP contribution in [0.3, 0.4) is 0 Å². The first kappa shape index (κ1) is 12.7. The second-order valence-electron chi connectivity index (χ2n) is 5.37. The van der Waals surface area contributed by atoms with Crippen molar-refractivity contribution >= 4 is 5.78 Å². The number of methoxy groups -OCH3 is 1. The maximum atomic E-state index is 11.7. The largest absolute Gasteiger partial charge is 0.380 e. The minimum Gasteiger partial charge on any atom is -0.380 e. The predicted molar refractivity (Wildman–Crippen MR) is 60.9 cm³/mol. The maximum absolute atomic E-state index is 11.7. The monoisotopic (exact) mass is 213 g/mol. The van der Waals surface area contributed by atoms with Crippen LogP contribution < -0.4 is 0 Å². The van der Waals surface area contributed by atoms with E-state index < -0.39 is 0 Å². The summed E-state index contributed by atoms with van der Waals surface area (Å²) in [7, 11) is 1.76. The van der Waals surface area contributed by atoms with Gasteiger partial charge in [-0.25, -0.2) is 0 Å². The third-order valence-corrected chi connectivity index (χ3v) is 3.05. The summed E-state index contributed by atoms with van der Waals surface area (Å²) in [5, 5.41) is 0. The Balaban J connectivity index is 2.24. The predicted octanol–water partition coefficient (Wildman–Crippen LogP) is 1.71. The quantitative estimate of drug-likeness (QED) is 0.712. The van der Waals surface area contributed by atoms with Crippen LogP contribution in [0.25, 0.3) is 0 Å². The molecule has 0 spiro atoms. The first-order valence-electron chi connectivity index (χ1n) is 5.72. The summed E-state index contributed by atoms with van der Waals surface area (Å²) in [4.78, 5) is 14.0. The fourth-order valence-electron chi connectivity index (χ4n) is 1.83. The van der Waals surface area contributed by atoms with Gasteiger partial charge in [0, 0.05) is 38.6 Å². The number of hydrogen-bond donors (Lipinski definition) is 0. The molecule has 1 aliphatic heterocycles. The highest BCUT2D eigenvalue weighted by Crippen LogP contribution is 2.18. The number of carbonyl (C=O) groups excluding carboxylic acids is 1. The molecule has 0 saturated carbocycles. The van der Waals surface area contributed by atoms with Crippen molar-refractivity contribution in [2.75, 3.05) is 26.7 Å². The molecule has 1 fully saturated rings. The van der Waals surface area contributed by atoms with Gasteiger partial charge in [0.05, 0.1) is 6.10 Å². The molecule has 1 atom stereocenters. The zero-order chi connectivity index (χ0) is 11.5. The average Bonchev–Trinajstić information content (AvgIpc) is 2.60. The topological polar surface area (TPSA) is 29.5 Å². The molecule has 0 amide bonds. The van der Waals surface area contributed by atoms with Crippen LogP contribution in [0.2, 0.25) is 0 Å². The highest BCUT2D eigenvalue weighted by atomic mass is 16.5. The summed E-state index contributed by atoms with van der Waals surface area (Å²) in [5.74, 6) is 0.350. The zero-order valence-electron chi connectivity index (χ0n) is 10.4. The Morgan fingerprint density at radius 2 is 2.13 bits per heavy atom. The summed E-state index contributed by atoms with van der Waals surface area (Å²) >= 11 is 0. The van der Waals surface area contributed by atoms with E-state index in [1.807, 2.05) is 20.8 Å². The van der Waals surface area contributed by atoms with Crippen molar-refractivity contribution < 1.29 is 9.53 Å². The highest BCUT2D eigenvalue weighted by molar-refractivity contribution is 5.83. The van der Waals surface area contributed by atoms with Gasteiger partial charge in [-0.3, -0.25) is 4.79 Å². The van der Waals surface area contributed by atoms with Gasteiger partial charge in [-0.15, -0.1) is 0 Å². The van der Waals surface area contributed by atoms with Crippen molar-refractivity contribution in [1.29, 1.82) is 0 Å². The number of rotatable bonds is 4. The van der Waals surface area contributed by atoms with E-state index >= 15 is 0 Å². The first-order valence-corrected chi connectivity index (χ1v) is 5.72. The molecular weight excluding hydrogens is 190 g/mol. The first-order chi connectivity index (χ1) is 6.93. The molecule has 3 heteroatoms. The minimum atomic E-state index is -0.194. The van der Waals surface area contributed by atoms with Gasteiger partial charge in [-0.1, -0.05) is 20.8 Å². The lowest BCUT2D eigenvalue weighted by molar-refractivity contribution is -0.126. The van der Waals surface area contributed by atoms with Crippen molar-refractivity contribution in [3.8, 4) is 0 Å².